The summed E-state index contributed by atoms with van der Waals surface area (Å²) in [6.45, 7) is 2.71. The van der Waals surface area contributed by atoms with Crippen molar-refractivity contribution in [1.29, 1.82) is 0 Å². The monoisotopic (exact) mass is 347 g/mol. The standard InChI is InChI=1S/C21H17NO4/c1-11-14-7-8-16-20(26-10-25-16)19(14)18(15-9-22-21(23)17(11)15)12-3-5-13(24-2)6-4-12/h3-8H,9-10H2,1-2H3,(H,22,23). The molecule has 26 heavy (non-hydrogen) atoms. The second-order valence-corrected chi connectivity index (χ2v) is 6.49. The number of fused-ring (bicyclic) bond motifs is 4. The third-order valence-electron chi connectivity index (χ3n) is 5.20. The highest BCUT2D eigenvalue weighted by atomic mass is 16.7. The van der Waals surface area contributed by atoms with Crippen molar-refractivity contribution in [2.45, 2.75) is 13.5 Å². The van der Waals surface area contributed by atoms with E-state index in [1.54, 1.807) is 7.11 Å². The van der Waals surface area contributed by atoms with Crippen LogP contribution in [-0.2, 0) is 6.54 Å². The number of hydrogen-bond acceptors (Lipinski definition) is 4. The van der Waals surface area contributed by atoms with Crippen molar-refractivity contribution in [3.05, 3.63) is 53.1 Å². The summed E-state index contributed by atoms with van der Waals surface area (Å²) in [5.41, 5.74) is 4.79. The fourth-order valence-electron chi connectivity index (χ4n) is 3.99. The smallest absolute Gasteiger partial charge is 0.252 e. The molecule has 3 aromatic carbocycles. The van der Waals surface area contributed by atoms with E-state index in [4.69, 9.17) is 14.2 Å². The first kappa shape index (κ1) is 15.1. The van der Waals surface area contributed by atoms with Crippen LogP contribution < -0.4 is 19.5 Å². The number of nitrogens with one attached hydrogen (secondary N) is 1. The summed E-state index contributed by atoms with van der Waals surface area (Å²) in [7, 11) is 1.65. The Kier molecular flexibility index (Phi) is 3.13. The van der Waals surface area contributed by atoms with Crippen LogP contribution in [0.25, 0.3) is 21.9 Å². The van der Waals surface area contributed by atoms with Crippen molar-refractivity contribution in [3.8, 4) is 28.4 Å². The molecule has 5 rings (SSSR count). The average Bonchev–Trinajstić information content (AvgIpc) is 3.29. The molecule has 0 atom stereocenters. The van der Waals surface area contributed by atoms with E-state index in [0.717, 1.165) is 55.8 Å². The summed E-state index contributed by atoms with van der Waals surface area (Å²) in [4.78, 5) is 12.5. The summed E-state index contributed by atoms with van der Waals surface area (Å²) in [5, 5.41) is 4.97. The molecule has 2 aliphatic rings. The fraction of sp³-hybridized carbons (Fsp3) is 0.190. The third-order valence-corrected chi connectivity index (χ3v) is 5.20. The van der Waals surface area contributed by atoms with Crippen LogP contribution >= 0.6 is 0 Å². The highest BCUT2D eigenvalue weighted by Crippen LogP contribution is 2.48. The van der Waals surface area contributed by atoms with Gasteiger partial charge < -0.3 is 19.5 Å². The first-order chi connectivity index (χ1) is 12.7. The molecule has 5 heteroatoms. The van der Waals surface area contributed by atoms with Gasteiger partial charge in [0, 0.05) is 17.5 Å². The molecule has 0 unspecified atom stereocenters. The summed E-state index contributed by atoms with van der Waals surface area (Å²) < 4.78 is 16.7. The minimum atomic E-state index is -0.0215. The topological polar surface area (TPSA) is 56.8 Å². The summed E-state index contributed by atoms with van der Waals surface area (Å²) >= 11 is 0. The molecule has 5 nitrogen and oxygen atoms in total. The van der Waals surface area contributed by atoms with Gasteiger partial charge in [-0.15, -0.1) is 0 Å². The zero-order chi connectivity index (χ0) is 17.8. The molecule has 0 fully saturated rings. The maximum atomic E-state index is 12.5. The molecule has 0 bridgehead atoms. The lowest BCUT2D eigenvalue weighted by molar-refractivity contribution is 0.0965. The van der Waals surface area contributed by atoms with E-state index in [1.165, 1.54) is 0 Å². The van der Waals surface area contributed by atoms with Gasteiger partial charge in [0.2, 0.25) is 6.79 Å². The molecule has 1 N–H and O–H groups in total. The van der Waals surface area contributed by atoms with E-state index in [9.17, 15) is 4.79 Å². The van der Waals surface area contributed by atoms with Crippen LogP contribution in [0.4, 0.5) is 0 Å². The lowest BCUT2D eigenvalue weighted by atomic mass is 9.87. The molecule has 1 amide bonds. The molecule has 0 saturated heterocycles. The lowest BCUT2D eigenvalue weighted by Gasteiger charge is -2.17. The number of amides is 1. The van der Waals surface area contributed by atoms with Crippen molar-refractivity contribution < 1.29 is 19.0 Å². The molecule has 0 aliphatic carbocycles. The number of carbonyl (C=O) groups excluding carboxylic acids is 1. The van der Waals surface area contributed by atoms with Crippen LogP contribution in [0.1, 0.15) is 21.5 Å². The summed E-state index contributed by atoms with van der Waals surface area (Å²) in [5.74, 6) is 2.26. The Hall–Kier alpha value is -3.21. The van der Waals surface area contributed by atoms with E-state index in [2.05, 4.69) is 5.32 Å². The zero-order valence-corrected chi connectivity index (χ0v) is 14.5. The Labute approximate surface area is 150 Å². The number of methoxy groups -OCH3 is 1. The predicted octanol–water partition coefficient (Wildman–Crippen LogP) is 3.80. The van der Waals surface area contributed by atoms with Crippen LogP contribution in [0.5, 0.6) is 17.2 Å². The van der Waals surface area contributed by atoms with Crippen LogP contribution in [0.2, 0.25) is 0 Å². The summed E-state index contributed by atoms with van der Waals surface area (Å²) in [6, 6.07) is 11.8. The van der Waals surface area contributed by atoms with Gasteiger partial charge in [0.1, 0.15) is 5.75 Å². The molecule has 130 valence electrons. The molecule has 0 saturated carbocycles. The van der Waals surface area contributed by atoms with Gasteiger partial charge in [-0.1, -0.05) is 18.2 Å². The molecular formula is C21H17NO4. The Bertz CT molecular complexity index is 1070. The van der Waals surface area contributed by atoms with E-state index in [-0.39, 0.29) is 12.7 Å². The van der Waals surface area contributed by atoms with Crippen LogP contribution in [0, 0.1) is 6.92 Å². The van der Waals surface area contributed by atoms with E-state index in [0.29, 0.717) is 6.54 Å². The Morgan fingerprint density at radius 3 is 2.62 bits per heavy atom. The first-order valence-electron chi connectivity index (χ1n) is 8.49. The van der Waals surface area contributed by atoms with Gasteiger partial charge in [-0.25, -0.2) is 0 Å². The number of rotatable bonds is 2. The zero-order valence-electron chi connectivity index (χ0n) is 14.5. The van der Waals surface area contributed by atoms with E-state index >= 15 is 0 Å². The molecule has 3 aromatic rings. The lowest BCUT2D eigenvalue weighted by Crippen LogP contribution is -2.13. The Morgan fingerprint density at radius 1 is 1.04 bits per heavy atom. The highest BCUT2D eigenvalue weighted by molar-refractivity contribution is 6.13. The minimum Gasteiger partial charge on any atom is -0.497 e. The van der Waals surface area contributed by atoms with Gasteiger partial charge >= 0.3 is 0 Å². The van der Waals surface area contributed by atoms with Crippen molar-refractivity contribution in [2.75, 3.05) is 13.9 Å². The number of benzene rings is 3. The molecule has 2 heterocycles. The fourth-order valence-corrected chi connectivity index (χ4v) is 3.99. The van der Waals surface area contributed by atoms with Crippen molar-refractivity contribution in [1.82, 2.24) is 5.32 Å². The van der Waals surface area contributed by atoms with Gasteiger partial charge in [-0.3, -0.25) is 4.79 Å². The Morgan fingerprint density at radius 2 is 1.85 bits per heavy atom. The maximum Gasteiger partial charge on any atom is 0.252 e. The van der Waals surface area contributed by atoms with Crippen molar-refractivity contribution >= 4 is 16.7 Å². The highest BCUT2D eigenvalue weighted by Gasteiger charge is 2.30. The molecule has 0 radical (unpaired) electrons. The maximum absolute atomic E-state index is 12.5. The number of hydrogen-bond donors (Lipinski definition) is 1. The molecule has 0 aromatic heterocycles. The largest absolute Gasteiger partial charge is 0.497 e. The van der Waals surface area contributed by atoms with Gasteiger partial charge in [-0.05, 0) is 52.8 Å². The molecule has 0 spiro atoms. The average molecular weight is 347 g/mol. The van der Waals surface area contributed by atoms with Gasteiger partial charge in [0.25, 0.3) is 5.91 Å². The van der Waals surface area contributed by atoms with Gasteiger partial charge in [-0.2, -0.15) is 0 Å². The SMILES string of the molecule is COc1ccc(-c2c3c(c(C)c4ccc5c(c24)OCO5)C(=O)NC3)cc1. The van der Waals surface area contributed by atoms with E-state index in [1.807, 2.05) is 43.3 Å². The summed E-state index contributed by atoms with van der Waals surface area (Å²) in [6.07, 6.45) is 0. The quantitative estimate of drug-likeness (QED) is 0.766. The van der Waals surface area contributed by atoms with Crippen LogP contribution in [0.3, 0.4) is 0 Å². The van der Waals surface area contributed by atoms with Crippen molar-refractivity contribution in [2.24, 2.45) is 0 Å². The molecular weight excluding hydrogens is 330 g/mol. The van der Waals surface area contributed by atoms with Crippen LogP contribution in [0.15, 0.2) is 36.4 Å². The number of aryl methyl sites for hydroxylation is 1. The van der Waals surface area contributed by atoms with Gasteiger partial charge in [0.05, 0.1) is 7.11 Å². The predicted molar refractivity (Wildman–Crippen MR) is 98.0 cm³/mol. The number of carbonyl (C=O) groups is 1. The van der Waals surface area contributed by atoms with E-state index < -0.39 is 0 Å². The molecule has 2 aliphatic heterocycles. The van der Waals surface area contributed by atoms with Crippen molar-refractivity contribution in [3.63, 3.8) is 0 Å². The minimum absolute atomic E-state index is 0.0215. The normalized spacial score (nSPS) is 14.5. The second-order valence-electron chi connectivity index (χ2n) is 6.49. The third kappa shape index (κ3) is 1.94. The second kappa shape index (κ2) is 5.39. The van der Waals surface area contributed by atoms with Crippen LogP contribution in [-0.4, -0.2) is 19.8 Å². The Balaban J connectivity index is 1.92. The number of ether oxygens (including phenoxy) is 3. The first-order valence-corrected chi connectivity index (χ1v) is 8.49. The van der Waals surface area contributed by atoms with Gasteiger partial charge in [0.15, 0.2) is 11.5 Å².